The fourth-order valence-electron chi connectivity index (χ4n) is 0.121. The van der Waals surface area contributed by atoms with Crippen LogP contribution in [0, 0.1) is 0 Å². The summed E-state index contributed by atoms with van der Waals surface area (Å²) in [5, 5.41) is 0. The van der Waals surface area contributed by atoms with E-state index >= 15 is 0 Å². The Balaban J connectivity index is -0.000000245. The second-order valence-corrected chi connectivity index (χ2v) is 3.36. The van der Waals surface area contributed by atoms with Crippen molar-refractivity contribution in [2.45, 2.75) is 6.92 Å². The molecule has 0 fully saturated rings. The maximum Gasteiger partial charge on any atom is 0.480 e. The van der Waals surface area contributed by atoms with Gasteiger partial charge in [0, 0.05) is 17.8 Å². The number of hydrogen-bond acceptors (Lipinski definition) is 3. The Kier molecular flexibility index (Phi) is 14.0. The monoisotopic (exact) mass is 230 g/mol. The quantitative estimate of drug-likeness (QED) is 0.570. The molecule has 0 saturated heterocycles. The number of rotatable bonds is 3. The van der Waals surface area contributed by atoms with Crippen molar-refractivity contribution >= 4 is 44.7 Å². The molecule has 0 amide bonds. The molecule has 66 valence electrons. The van der Waals surface area contributed by atoms with Gasteiger partial charge in [-0.2, -0.15) is 0 Å². The van der Waals surface area contributed by atoms with E-state index in [4.69, 9.17) is 9.79 Å². The van der Waals surface area contributed by atoms with Gasteiger partial charge in [0.1, 0.15) is 0 Å². The first-order valence-corrected chi connectivity index (χ1v) is 4.37. The van der Waals surface area contributed by atoms with Gasteiger partial charge in [0.05, 0.1) is 0 Å². The standard InChI is InChI=1S/C2H7O4PS.2ClH/c1-2-8-6-7(3,4)5;;/h2H2,1H3,(H2,3,4,5);2*1H. The van der Waals surface area contributed by atoms with Gasteiger partial charge in [0.15, 0.2) is 0 Å². The molecular formula is C2H9Cl2O4PS. The Morgan fingerprint density at radius 1 is 1.50 bits per heavy atom. The van der Waals surface area contributed by atoms with E-state index in [-0.39, 0.29) is 24.8 Å². The van der Waals surface area contributed by atoms with Crippen LogP contribution in [0.3, 0.4) is 0 Å². The molecule has 0 bridgehead atoms. The lowest BCUT2D eigenvalue weighted by Crippen LogP contribution is -1.77. The normalized spacial score (nSPS) is 9.50. The highest BCUT2D eigenvalue weighted by molar-refractivity contribution is 7.97. The summed E-state index contributed by atoms with van der Waals surface area (Å²) in [6.07, 6.45) is 0. The minimum atomic E-state index is -4.22. The zero-order valence-electron chi connectivity index (χ0n) is 5.09. The van der Waals surface area contributed by atoms with E-state index in [1.807, 2.05) is 0 Å². The first-order valence-electron chi connectivity index (χ1n) is 1.93. The molecule has 4 nitrogen and oxygen atoms in total. The van der Waals surface area contributed by atoms with Crippen LogP contribution in [0.2, 0.25) is 0 Å². The molecule has 0 unspecified atom stereocenters. The first-order chi connectivity index (χ1) is 3.56. The van der Waals surface area contributed by atoms with E-state index in [2.05, 4.69) is 3.97 Å². The molecule has 0 aromatic carbocycles. The smallest absolute Gasteiger partial charge is 0.302 e. The largest absolute Gasteiger partial charge is 0.480 e. The molecule has 0 aromatic heterocycles. The van der Waals surface area contributed by atoms with Crippen LogP contribution in [-0.2, 0) is 8.54 Å². The van der Waals surface area contributed by atoms with Crippen LogP contribution >= 0.6 is 44.7 Å². The third-order valence-corrected chi connectivity index (χ3v) is 1.70. The summed E-state index contributed by atoms with van der Waals surface area (Å²) >= 11 is 0.752. The highest BCUT2D eigenvalue weighted by atomic mass is 35.5. The predicted molar refractivity (Wildman–Crippen MR) is 45.8 cm³/mol. The lowest BCUT2D eigenvalue weighted by atomic mass is 11.0. The topological polar surface area (TPSA) is 66.8 Å². The van der Waals surface area contributed by atoms with Crippen molar-refractivity contribution in [2.24, 2.45) is 0 Å². The number of halogens is 2. The lowest BCUT2D eigenvalue weighted by Gasteiger charge is -1.98. The fraction of sp³-hybridized carbons (Fsp3) is 1.00. The summed E-state index contributed by atoms with van der Waals surface area (Å²) in [7, 11) is -4.22. The zero-order valence-corrected chi connectivity index (χ0v) is 8.43. The molecule has 2 N–H and O–H groups in total. The van der Waals surface area contributed by atoms with E-state index in [9.17, 15) is 4.57 Å². The first kappa shape index (κ1) is 17.2. The second-order valence-electron chi connectivity index (χ2n) is 0.972. The SMILES string of the molecule is CCSOP(=O)(O)O.Cl.Cl. The fourth-order valence-corrected chi connectivity index (χ4v) is 1.09. The molecule has 0 radical (unpaired) electrons. The summed E-state index contributed by atoms with van der Waals surface area (Å²) in [5.41, 5.74) is 0. The third-order valence-electron chi connectivity index (χ3n) is 0.268. The molecular weight excluding hydrogens is 222 g/mol. The van der Waals surface area contributed by atoms with Gasteiger partial charge in [-0.1, -0.05) is 6.92 Å². The summed E-state index contributed by atoms with van der Waals surface area (Å²) in [4.78, 5) is 16.0. The van der Waals surface area contributed by atoms with Crippen LogP contribution in [0.15, 0.2) is 0 Å². The number of hydrogen-bond donors (Lipinski definition) is 2. The molecule has 0 aliphatic heterocycles. The van der Waals surface area contributed by atoms with Crippen molar-refractivity contribution in [2.75, 3.05) is 5.75 Å². The van der Waals surface area contributed by atoms with Crippen molar-refractivity contribution < 1.29 is 18.3 Å². The molecule has 0 aliphatic rings. The van der Waals surface area contributed by atoms with E-state index < -0.39 is 7.82 Å². The molecule has 0 atom stereocenters. The van der Waals surface area contributed by atoms with Crippen LogP contribution in [0.1, 0.15) is 6.92 Å². The van der Waals surface area contributed by atoms with E-state index in [0.717, 1.165) is 12.0 Å². The average Bonchev–Trinajstić information content (AvgIpc) is 1.59. The second kappa shape index (κ2) is 8.14. The van der Waals surface area contributed by atoms with Crippen molar-refractivity contribution in [1.82, 2.24) is 0 Å². The molecule has 8 heteroatoms. The van der Waals surface area contributed by atoms with E-state index in [0.29, 0.717) is 5.75 Å². The molecule has 0 saturated carbocycles. The molecule has 0 spiro atoms. The van der Waals surface area contributed by atoms with Gasteiger partial charge in [0.25, 0.3) is 0 Å². The van der Waals surface area contributed by atoms with Gasteiger partial charge in [-0.05, 0) is 0 Å². The highest BCUT2D eigenvalue weighted by Crippen LogP contribution is 2.40. The summed E-state index contributed by atoms with van der Waals surface area (Å²) in [5.74, 6) is 0.533. The Morgan fingerprint density at radius 2 is 1.90 bits per heavy atom. The van der Waals surface area contributed by atoms with Crippen molar-refractivity contribution in [3.8, 4) is 0 Å². The third kappa shape index (κ3) is 16.0. The van der Waals surface area contributed by atoms with Crippen LogP contribution in [-0.4, -0.2) is 15.5 Å². The van der Waals surface area contributed by atoms with Crippen molar-refractivity contribution in [1.29, 1.82) is 0 Å². The minimum absolute atomic E-state index is 0. The molecule has 0 heterocycles. The van der Waals surface area contributed by atoms with E-state index in [1.165, 1.54) is 0 Å². The predicted octanol–water partition coefficient (Wildman–Crippen LogP) is 1.61. The van der Waals surface area contributed by atoms with Crippen LogP contribution in [0.4, 0.5) is 0 Å². The summed E-state index contributed by atoms with van der Waals surface area (Å²) in [6.45, 7) is 1.74. The van der Waals surface area contributed by atoms with Crippen molar-refractivity contribution in [3.05, 3.63) is 0 Å². The van der Waals surface area contributed by atoms with Crippen LogP contribution in [0.5, 0.6) is 0 Å². The van der Waals surface area contributed by atoms with Gasteiger partial charge in [-0.3, -0.25) is 0 Å². The average molecular weight is 231 g/mol. The summed E-state index contributed by atoms with van der Waals surface area (Å²) < 4.78 is 13.8. The lowest BCUT2D eigenvalue weighted by molar-refractivity contribution is 0.298. The molecule has 0 aliphatic carbocycles. The Hall–Kier alpha value is 1.04. The van der Waals surface area contributed by atoms with Gasteiger partial charge in [0.2, 0.25) is 0 Å². The zero-order chi connectivity index (χ0) is 6.62. The maximum atomic E-state index is 9.84. The molecule has 10 heavy (non-hydrogen) atoms. The summed E-state index contributed by atoms with van der Waals surface area (Å²) in [6, 6.07) is 0. The molecule has 0 aromatic rings. The van der Waals surface area contributed by atoms with Crippen LogP contribution in [0.25, 0.3) is 0 Å². The number of phosphoric acid groups is 1. The maximum absolute atomic E-state index is 9.84. The van der Waals surface area contributed by atoms with Crippen LogP contribution < -0.4 is 0 Å². The van der Waals surface area contributed by atoms with Gasteiger partial charge < -0.3 is 9.79 Å². The Bertz CT molecular complexity index is 105. The van der Waals surface area contributed by atoms with Gasteiger partial charge >= 0.3 is 7.82 Å². The Labute approximate surface area is 76.0 Å². The molecule has 0 rings (SSSR count). The van der Waals surface area contributed by atoms with E-state index in [1.54, 1.807) is 6.92 Å². The van der Waals surface area contributed by atoms with Gasteiger partial charge in [-0.25, -0.2) is 8.54 Å². The van der Waals surface area contributed by atoms with Crippen molar-refractivity contribution in [3.63, 3.8) is 0 Å². The Morgan fingerprint density at radius 3 is 2.00 bits per heavy atom. The highest BCUT2D eigenvalue weighted by Gasteiger charge is 2.12. The minimum Gasteiger partial charge on any atom is -0.302 e. The van der Waals surface area contributed by atoms with Gasteiger partial charge in [-0.15, -0.1) is 24.8 Å².